The van der Waals surface area contributed by atoms with Gasteiger partial charge in [-0.15, -0.1) is 0 Å². The molecule has 3 nitrogen and oxygen atoms in total. The molecule has 3 heteroatoms. The molecule has 0 aliphatic carbocycles. The molecule has 0 atom stereocenters. The Bertz CT molecular complexity index is 190. The van der Waals surface area contributed by atoms with Crippen LogP contribution in [0, 0.1) is 0 Å². The first-order valence-corrected chi connectivity index (χ1v) is 5.93. The molecule has 0 unspecified atom stereocenters. The molecular weight excluding hydrogens is 190 g/mol. The lowest BCUT2D eigenvalue weighted by Gasteiger charge is -2.01. The Hall–Kier alpha value is -0.860. The largest absolute Gasteiger partial charge is 0.359 e. The van der Waals surface area contributed by atoms with E-state index in [1.807, 2.05) is 0 Å². The second-order valence-electron chi connectivity index (χ2n) is 3.91. The van der Waals surface area contributed by atoms with Crippen LogP contribution in [0.5, 0.6) is 0 Å². The third-order valence-electron chi connectivity index (χ3n) is 2.45. The van der Waals surface area contributed by atoms with E-state index in [9.17, 15) is 9.59 Å². The van der Waals surface area contributed by atoms with Gasteiger partial charge < -0.3 is 5.32 Å². The van der Waals surface area contributed by atoms with Crippen LogP contribution in [0.25, 0.3) is 0 Å². The maximum atomic E-state index is 11.2. The molecule has 1 N–H and O–H groups in total. The van der Waals surface area contributed by atoms with Gasteiger partial charge in [-0.1, -0.05) is 39.0 Å². The van der Waals surface area contributed by atoms with Crippen LogP contribution in [0.1, 0.15) is 58.3 Å². The summed E-state index contributed by atoms with van der Waals surface area (Å²) in [4.78, 5) is 22.1. The summed E-state index contributed by atoms with van der Waals surface area (Å²) in [6.45, 7) is 2.19. The maximum Gasteiger partial charge on any atom is 0.227 e. The third kappa shape index (κ3) is 9.44. The van der Waals surface area contributed by atoms with Crippen molar-refractivity contribution in [3.05, 3.63) is 0 Å². The highest BCUT2D eigenvalue weighted by atomic mass is 16.2. The number of amides is 1. The fourth-order valence-electron chi connectivity index (χ4n) is 1.46. The summed E-state index contributed by atoms with van der Waals surface area (Å²) < 4.78 is 0. The Balaban J connectivity index is 3.28. The monoisotopic (exact) mass is 213 g/mol. The molecule has 0 saturated carbocycles. The van der Waals surface area contributed by atoms with Gasteiger partial charge in [-0.05, 0) is 6.42 Å². The minimum absolute atomic E-state index is 0.0471. The van der Waals surface area contributed by atoms with Gasteiger partial charge in [-0.3, -0.25) is 9.59 Å². The predicted molar refractivity (Wildman–Crippen MR) is 61.7 cm³/mol. The van der Waals surface area contributed by atoms with E-state index >= 15 is 0 Å². The first-order valence-electron chi connectivity index (χ1n) is 5.93. The number of rotatable bonds is 9. The number of carbonyl (C=O) groups excluding carboxylic acids is 2. The van der Waals surface area contributed by atoms with Gasteiger partial charge >= 0.3 is 0 Å². The molecule has 0 aliphatic heterocycles. The van der Waals surface area contributed by atoms with Crippen molar-refractivity contribution in [3.8, 4) is 0 Å². The fourth-order valence-corrected chi connectivity index (χ4v) is 1.46. The fraction of sp³-hybridized carbons (Fsp3) is 0.833. The summed E-state index contributed by atoms with van der Waals surface area (Å²) in [5.41, 5.74) is 0. The Kier molecular flexibility index (Phi) is 9.13. The van der Waals surface area contributed by atoms with Crippen LogP contribution >= 0.6 is 0 Å². The van der Waals surface area contributed by atoms with Gasteiger partial charge in [0.25, 0.3) is 0 Å². The van der Waals surface area contributed by atoms with E-state index in [-0.39, 0.29) is 18.1 Å². The van der Waals surface area contributed by atoms with Crippen LogP contribution in [0.4, 0.5) is 0 Å². The molecule has 0 fully saturated rings. The number of nitrogens with one attached hydrogen (secondary N) is 1. The normalized spacial score (nSPS) is 10.0. The van der Waals surface area contributed by atoms with Crippen molar-refractivity contribution in [2.24, 2.45) is 0 Å². The highest BCUT2D eigenvalue weighted by Crippen LogP contribution is 2.07. The van der Waals surface area contributed by atoms with Crippen molar-refractivity contribution in [2.45, 2.75) is 58.3 Å². The van der Waals surface area contributed by atoms with E-state index in [1.54, 1.807) is 7.05 Å². The van der Waals surface area contributed by atoms with E-state index in [1.165, 1.54) is 25.7 Å². The quantitative estimate of drug-likeness (QED) is 0.472. The molecular formula is C12H23NO2. The Morgan fingerprint density at radius 2 is 1.60 bits per heavy atom. The van der Waals surface area contributed by atoms with Crippen molar-refractivity contribution in [2.75, 3.05) is 7.05 Å². The minimum atomic E-state index is -0.175. The van der Waals surface area contributed by atoms with Crippen molar-refractivity contribution >= 4 is 11.7 Å². The zero-order valence-corrected chi connectivity index (χ0v) is 9.97. The molecule has 0 bridgehead atoms. The molecule has 0 rings (SSSR count). The molecule has 0 aliphatic rings. The van der Waals surface area contributed by atoms with E-state index in [0.717, 1.165) is 12.8 Å². The molecule has 0 radical (unpaired) electrons. The van der Waals surface area contributed by atoms with Gasteiger partial charge in [0.1, 0.15) is 5.78 Å². The van der Waals surface area contributed by atoms with E-state index in [4.69, 9.17) is 0 Å². The second kappa shape index (κ2) is 9.69. The summed E-state index contributed by atoms with van der Waals surface area (Å²) in [7, 11) is 1.56. The van der Waals surface area contributed by atoms with Gasteiger partial charge in [0.2, 0.25) is 5.91 Å². The Morgan fingerprint density at radius 1 is 1.00 bits per heavy atom. The van der Waals surface area contributed by atoms with Gasteiger partial charge in [0.15, 0.2) is 0 Å². The maximum absolute atomic E-state index is 11.2. The lowest BCUT2D eigenvalue weighted by molar-refractivity contribution is -0.127. The molecule has 15 heavy (non-hydrogen) atoms. The molecule has 88 valence electrons. The zero-order chi connectivity index (χ0) is 11.5. The lowest BCUT2D eigenvalue weighted by Crippen LogP contribution is -2.21. The molecule has 0 heterocycles. The third-order valence-corrected chi connectivity index (χ3v) is 2.45. The summed E-state index contributed by atoms with van der Waals surface area (Å²) in [6, 6.07) is 0. The molecule has 0 aromatic heterocycles. The zero-order valence-electron chi connectivity index (χ0n) is 9.97. The van der Waals surface area contributed by atoms with Gasteiger partial charge in [-0.2, -0.15) is 0 Å². The lowest BCUT2D eigenvalue weighted by atomic mass is 10.1. The van der Waals surface area contributed by atoms with Crippen LogP contribution in [0.2, 0.25) is 0 Å². The number of unbranched alkanes of at least 4 members (excludes halogenated alkanes) is 5. The molecule has 0 spiro atoms. The van der Waals surface area contributed by atoms with Crippen molar-refractivity contribution < 1.29 is 9.59 Å². The summed E-state index contributed by atoms with van der Waals surface area (Å²) in [6.07, 6.45) is 7.65. The van der Waals surface area contributed by atoms with E-state index < -0.39 is 0 Å². The summed E-state index contributed by atoms with van der Waals surface area (Å²) >= 11 is 0. The summed E-state index contributed by atoms with van der Waals surface area (Å²) in [5, 5.41) is 2.45. The average Bonchev–Trinajstić information content (AvgIpc) is 2.23. The number of ketones is 1. The predicted octanol–water partition coefficient (Wildman–Crippen LogP) is 2.44. The standard InChI is InChI=1S/C12H23NO2/c1-3-4-5-6-7-8-9-11(14)10-12(15)13-2/h3-10H2,1-2H3,(H,13,15). The second-order valence-corrected chi connectivity index (χ2v) is 3.91. The van der Waals surface area contributed by atoms with Crippen LogP contribution in [-0.4, -0.2) is 18.7 Å². The van der Waals surface area contributed by atoms with Crippen LogP contribution in [0.15, 0.2) is 0 Å². The van der Waals surface area contributed by atoms with Crippen molar-refractivity contribution in [3.63, 3.8) is 0 Å². The topological polar surface area (TPSA) is 46.2 Å². The van der Waals surface area contributed by atoms with Crippen molar-refractivity contribution in [1.82, 2.24) is 5.32 Å². The Labute approximate surface area is 92.6 Å². The first kappa shape index (κ1) is 14.1. The van der Waals surface area contributed by atoms with Gasteiger partial charge in [0, 0.05) is 13.5 Å². The van der Waals surface area contributed by atoms with Crippen LogP contribution in [0.3, 0.4) is 0 Å². The number of Topliss-reactive ketones (excluding diaryl/α,β-unsaturated/α-hetero) is 1. The summed E-state index contributed by atoms with van der Waals surface area (Å²) in [5.74, 6) is -0.115. The average molecular weight is 213 g/mol. The first-order chi connectivity index (χ1) is 7.20. The minimum Gasteiger partial charge on any atom is -0.359 e. The molecule has 0 aromatic rings. The number of carbonyl (C=O) groups is 2. The number of hydrogen-bond donors (Lipinski definition) is 1. The van der Waals surface area contributed by atoms with Crippen LogP contribution < -0.4 is 5.32 Å². The van der Waals surface area contributed by atoms with Crippen LogP contribution in [-0.2, 0) is 9.59 Å². The number of hydrogen-bond acceptors (Lipinski definition) is 2. The van der Waals surface area contributed by atoms with E-state index in [0.29, 0.717) is 6.42 Å². The highest BCUT2D eigenvalue weighted by Gasteiger charge is 2.06. The smallest absolute Gasteiger partial charge is 0.227 e. The molecule has 0 aromatic carbocycles. The van der Waals surface area contributed by atoms with E-state index in [2.05, 4.69) is 12.2 Å². The van der Waals surface area contributed by atoms with Crippen molar-refractivity contribution in [1.29, 1.82) is 0 Å². The molecule has 1 amide bonds. The Morgan fingerprint density at radius 3 is 2.20 bits per heavy atom. The highest BCUT2D eigenvalue weighted by molar-refractivity contribution is 5.97. The van der Waals surface area contributed by atoms with Gasteiger partial charge in [0.05, 0.1) is 6.42 Å². The molecule has 0 saturated heterocycles. The van der Waals surface area contributed by atoms with Gasteiger partial charge in [-0.25, -0.2) is 0 Å². The SMILES string of the molecule is CCCCCCCCC(=O)CC(=O)NC.